The molecule has 1 fully saturated rings. The lowest BCUT2D eigenvalue weighted by molar-refractivity contribution is 0.141. The molecule has 5 heteroatoms. The zero-order valence-electron chi connectivity index (χ0n) is 12.3. The van der Waals surface area contributed by atoms with Crippen molar-refractivity contribution in [2.75, 3.05) is 39.4 Å². The number of nitrogens with zero attached hydrogens (tertiary/aromatic N) is 1. The van der Waals surface area contributed by atoms with E-state index in [1.54, 1.807) is 0 Å². The number of benzene rings is 1. The van der Waals surface area contributed by atoms with Gasteiger partial charge in [0.15, 0.2) is 11.5 Å². The average Bonchev–Trinajstić information content (AvgIpc) is 2.43. The van der Waals surface area contributed by atoms with Gasteiger partial charge in [-0.2, -0.15) is 0 Å². The van der Waals surface area contributed by atoms with Crippen molar-refractivity contribution in [3.63, 3.8) is 0 Å². The smallest absolute Gasteiger partial charge is 0.161 e. The summed E-state index contributed by atoms with van der Waals surface area (Å²) in [5.41, 5.74) is 0. The number of nitrogens with one attached hydrogen (secondary N) is 1. The fourth-order valence-corrected chi connectivity index (χ4v) is 2.33. The molecule has 0 aromatic heterocycles. The topological polar surface area (TPSA) is 33.7 Å². The van der Waals surface area contributed by atoms with Crippen LogP contribution in [0.4, 0.5) is 0 Å². The van der Waals surface area contributed by atoms with E-state index >= 15 is 0 Å². The van der Waals surface area contributed by atoms with Gasteiger partial charge < -0.3 is 14.8 Å². The van der Waals surface area contributed by atoms with Crippen LogP contribution in [-0.2, 0) is 0 Å². The summed E-state index contributed by atoms with van der Waals surface area (Å²) in [6.45, 7) is 9.79. The Labute approximate surface area is 127 Å². The predicted molar refractivity (Wildman–Crippen MR) is 84.3 cm³/mol. The Morgan fingerprint density at radius 1 is 1.25 bits per heavy atom. The van der Waals surface area contributed by atoms with E-state index in [9.17, 15) is 0 Å². The minimum absolute atomic E-state index is 0. The van der Waals surface area contributed by atoms with Crippen LogP contribution < -0.4 is 14.8 Å². The third-order valence-electron chi connectivity index (χ3n) is 3.42. The van der Waals surface area contributed by atoms with Crippen LogP contribution in [0.3, 0.4) is 0 Å². The molecule has 4 nitrogen and oxygen atoms in total. The number of para-hydroxylation sites is 2. The van der Waals surface area contributed by atoms with Gasteiger partial charge in [-0.05, 0) is 26.0 Å². The van der Waals surface area contributed by atoms with E-state index in [1.807, 2.05) is 31.2 Å². The number of hydrogen-bond donors (Lipinski definition) is 1. The van der Waals surface area contributed by atoms with Crippen molar-refractivity contribution in [3.8, 4) is 11.5 Å². The van der Waals surface area contributed by atoms with Gasteiger partial charge in [0.05, 0.1) is 6.61 Å². The number of rotatable bonds is 6. The van der Waals surface area contributed by atoms with Crippen LogP contribution in [0.5, 0.6) is 11.5 Å². The summed E-state index contributed by atoms with van der Waals surface area (Å²) < 4.78 is 11.4. The first-order chi connectivity index (χ1) is 9.31. The van der Waals surface area contributed by atoms with Crippen LogP contribution in [0.25, 0.3) is 0 Å². The van der Waals surface area contributed by atoms with Gasteiger partial charge in [-0.3, -0.25) is 4.90 Å². The molecule has 1 heterocycles. The summed E-state index contributed by atoms with van der Waals surface area (Å²) >= 11 is 0. The standard InChI is InChI=1S/C15H24N2O2.ClH/c1-3-18-14-6-4-5-7-15(14)19-11-10-17-9-8-16-12-13(17)2;/h4-7,13,16H,3,8-12H2,1-2H3;1H/t13-;/m1./s1. The van der Waals surface area contributed by atoms with Crippen molar-refractivity contribution < 1.29 is 9.47 Å². The molecule has 0 aliphatic carbocycles. The molecule has 1 N–H and O–H groups in total. The maximum Gasteiger partial charge on any atom is 0.161 e. The van der Waals surface area contributed by atoms with Crippen molar-refractivity contribution >= 4 is 12.4 Å². The Bertz CT molecular complexity index is 390. The molecule has 114 valence electrons. The van der Waals surface area contributed by atoms with E-state index in [1.165, 1.54) is 0 Å². The molecule has 2 rings (SSSR count). The number of piperazine rings is 1. The molecule has 0 bridgehead atoms. The van der Waals surface area contributed by atoms with E-state index in [2.05, 4.69) is 17.1 Å². The number of hydrogen-bond acceptors (Lipinski definition) is 4. The molecule has 1 aliphatic heterocycles. The SMILES string of the molecule is CCOc1ccccc1OCCN1CCNC[C@H]1C.Cl. The van der Waals surface area contributed by atoms with Crippen molar-refractivity contribution in [1.82, 2.24) is 10.2 Å². The monoisotopic (exact) mass is 300 g/mol. The highest BCUT2D eigenvalue weighted by Gasteiger charge is 2.17. The Kier molecular flexibility index (Phi) is 7.73. The lowest BCUT2D eigenvalue weighted by atomic mass is 10.2. The Balaban J connectivity index is 0.00000200. The normalized spacial score (nSPS) is 19.2. The van der Waals surface area contributed by atoms with Crippen LogP contribution in [0, 0.1) is 0 Å². The summed E-state index contributed by atoms with van der Waals surface area (Å²) in [5.74, 6) is 1.67. The van der Waals surface area contributed by atoms with Gasteiger partial charge in [0, 0.05) is 32.2 Å². The third-order valence-corrected chi connectivity index (χ3v) is 3.42. The minimum atomic E-state index is 0. The fraction of sp³-hybridized carbons (Fsp3) is 0.600. The number of halogens is 1. The first-order valence-corrected chi connectivity index (χ1v) is 7.10. The van der Waals surface area contributed by atoms with Gasteiger partial charge in [0.2, 0.25) is 0 Å². The van der Waals surface area contributed by atoms with Crippen molar-refractivity contribution in [2.24, 2.45) is 0 Å². The maximum atomic E-state index is 5.85. The zero-order valence-corrected chi connectivity index (χ0v) is 13.1. The predicted octanol–water partition coefficient (Wildman–Crippen LogP) is 2.18. The Hall–Kier alpha value is -0.970. The summed E-state index contributed by atoms with van der Waals surface area (Å²) in [6.07, 6.45) is 0. The van der Waals surface area contributed by atoms with Crippen LogP contribution >= 0.6 is 12.4 Å². The highest BCUT2D eigenvalue weighted by molar-refractivity contribution is 5.85. The summed E-state index contributed by atoms with van der Waals surface area (Å²) in [5, 5.41) is 3.40. The van der Waals surface area contributed by atoms with Crippen LogP contribution in [0.15, 0.2) is 24.3 Å². The molecule has 1 aromatic rings. The largest absolute Gasteiger partial charge is 0.490 e. The van der Waals surface area contributed by atoms with Gasteiger partial charge in [-0.25, -0.2) is 0 Å². The highest BCUT2D eigenvalue weighted by atomic mass is 35.5. The second kappa shape index (κ2) is 9.06. The molecule has 0 radical (unpaired) electrons. The van der Waals surface area contributed by atoms with Gasteiger partial charge >= 0.3 is 0 Å². The highest BCUT2D eigenvalue weighted by Crippen LogP contribution is 2.26. The third kappa shape index (κ3) is 4.85. The Morgan fingerprint density at radius 2 is 1.95 bits per heavy atom. The molecule has 0 saturated carbocycles. The van der Waals surface area contributed by atoms with Crippen molar-refractivity contribution in [3.05, 3.63) is 24.3 Å². The second-order valence-corrected chi connectivity index (χ2v) is 4.82. The van der Waals surface area contributed by atoms with Gasteiger partial charge in [-0.1, -0.05) is 12.1 Å². The van der Waals surface area contributed by atoms with Gasteiger partial charge in [0.25, 0.3) is 0 Å². The van der Waals surface area contributed by atoms with E-state index in [0.717, 1.165) is 37.7 Å². The summed E-state index contributed by atoms with van der Waals surface area (Å²) in [7, 11) is 0. The molecular weight excluding hydrogens is 276 g/mol. The molecule has 0 amide bonds. The van der Waals surface area contributed by atoms with E-state index in [-0.39, 0.29) is 12.4 Å². The summed E-state index contributed by atoms with van der Waals surface area (Å²) in [6, 6.07) is 8.44. The molecule has 1 aromatic carbocycles. The fourth-order valence-electron chi connectivity index (χ4n) is 2.33. The van der Waals surface area contributed by atoms with Crippen LogP contribution in [0.2, 0.25) is 0 Å². The summed E-state index contributed by atoms with van der Waals surface area (Å²) in [4.78, 5) is 2.46. The van der Waals surface area contributed by atoms with E-state index < -0.39 is 0 Å². The molecule has 0 spiro atoms. The minimum Gasteiger partial charge on any atom is -0.490 e. The van der Waals surface area contributed by atoms with Gasteiger partial charge in [0.1, 0.15) is 6.61 Å². The van der Waals surface area contributed by atoms with Gasteiger partial charge in [-0.15, -0.1) is 12.4 Å². The lowest BCUT2D eigenvalue weighted by Crippen LogP contribution is -2.50. The maximum absolute atomic E-state index is 5.85. The van der Waals surface area contributed by atoms with Crippen molar-refractivity contribution in [1.29, 1.82) is 0 Å². The average molecular weight is 301 g/mol. The Morgan fingerprint density at radius 3 is 2.60 bits per heavy atom. The number of ether oxygens (including phenoxy) is 2. The molecule has 20 heavy (non-hydrogen) atoms. The first kappa shape index (κ1) is 17.1. The van der Waals surface area contributed by atoms with Crippen LogP contribution in [-0.4, -0.2) is 50.3 Å². The lowest BCUT2D eigenvalue weighted by Gasteiger charge is -2.33. The van der Waals surface area contributed by atoms with Crippen LogP contribution in [0.1, 0.15) is 13.8 Å². The molecule has 1 saturated heterocycles. The molecule has 0 unspecified atom stereocenters. The molecule has 1 aliphatic rings. The van der Waals surface area contributed by atoms with E-state index in [4.69, 9.17) is 9.47 Å². The van der Waals surface area contributed by atoms with E-state index in [0.29, 0.717) is 19.3 Å². The second-order valence-electron chi connectivity index (χ2n) is 4.82. The quantitative estimate of drug-likeness (QED) is 0.873. The first-order valence-electron chi connectivity index (χ1n) is 7.10. The molecular formula is C15H25ClN2O2. The molecule has 1 atom stereocenters. The van der Waals surface area contributed by atoms with Crippen molar-refractivity contribution in [2.45, 2.75) is 19.9 Å². The zero-order chi connectivity index (χ0) is 13.5.